The standard InChI is InChI=1S/C25H33N3O2/c1-30-24-9-7-21(8-10-24)14-27-18-25(19-27)17-26(12-11-20-5-3-2-4-6-20)15-22-13-23(29)16-28(22)25/h2-10,22-23,29H,11-19H2,1H3/t22-,23+/m0/s1. The van der Waals surface area contributed by atoms with Gasteiger partial charge >= 0.3 is 0 Å². The van der Waals surface area contributed by atoms with E-state index in [1.807, 2.05) is 12.1 Å². The highest BCUT2D eigenvalue weighted by Crippen LogP contribution is 2.39. The summed E-state index contributed by atoms with van der Waals surface area (Å²) in [5, 5.41) is 10.4. The van der Waals surface area contributed by atoms with Gasteiger partial charge in [0.25, 0.3) is 0 Å². The number of benzene rings is 2. The first-order valence-corrected chi connectivity index (χ1v) is 11.2. The van der Waals surface area contributed by atoms with Crippen molar-refractivity contribution >= 4 is 0 Å². The Bertz CT molecular complexity index is 835. The fourth-order valence-electron chi connectivity index (χ4n) is 5.79. The highest BCUT2D eigenvalue weighted by molar-refractivity contribution is 5.27. The molecule has 3 fully saturated rings. The van der Waals surface area contributed by atoms with E-state index >= 15 is 0 Å². The van der Waals surface area contributed by atoms with Crippen molar-refractivity contribution in [3.63, 3.8) is 0 Å². The van der Waals surface area contributed by atoms with Gasteiger partial charge in [-0.05, 0) is 36.1 Å². The van der Waals surface area contributed by atoms with E-state index in [4.69, 9.17) is 4.74 Å². The van der Waals surface area contributed by atoms with Crippen molar-refractivity contribution in [1.82, 2.24) is 14.7 Å². The first kappa shape index (κ1) is 20.0. The van der Waals surface area contributed by atoms with Crippen molar-refractivity contribution in [2.75, 3.05) is 46.4 Å². The van der Waals surface area contributed by atoms with Crippen LogP contribution >= 0.6 is 0 Å². The van der Waals surface area contributed by atoms with Gasteiger partial charge in [0.05, 0.1) is 18.8 Å². The molecule has 5 rings (SSSR count). The number of aliphatic hydroxyl groups excluding tert-OH is 1. The average Bonchev–Trinajstić information content (AvgIpc) is 3.13. The SMILES string of the molecule is COc1ccc(CN2CC3(CN(CCc4ccccc4)C[C@@H]4C[C@@H](O)CN43)C2)cc1. The molecule has 30 heavy (non-hydrogen) atoms. The molecule has 0 bridgehead atoms. The van der Waals surface area contributed by atoms with Crippen molar-refractivity contribution in [3.8, 4) is 5.75 Å². The molecule has 0 aromatic heterocycles. The van der Waals surface area contributed by atoms with Crippen LogP contribution in [-0.2, 0) is 13.0 Å². The van der Waals surface area contributed by atoms with Crippen molar-refractivity contribution in [3.05, 3.63) is 65.7 Å². The zero-order valence-electron chi connectivity index (χ0n) is 17.9. The molecule has 3 aliphatic rings. The third-order valence-electron chi connectivity index (χ3n) is 7.15. The first-order chi connectivity index (χ1) is 14.6. The molecule has 2 aromatic carbocycles. The summed E-state index contributed by atoms with van der Waals surface area (Å²) >= 11 is 0. The second-order valence-corrected chi connectivity index (χ2v) is 9.38. The number of hydrogen-bond acceptors (Lipinski definition) is 5. The average molecular weight is 408 g/mol. The van der Waals surface area contributed by atoms with Crippen LogP contribution in [0.25, 0.3) is 0 Å². The van der Waals surface area contributed by atoms with Crippen molar-refractivity contribution < 1.29 is 9.84 Å². The normalized spacial score (nSPS) is 26.5. The minimum absolute atomic E-state index is 0.170. The molecule has 3 saturated heterocycles. The van der Waals surface area contributed by atoms with E-state index in [1.165, 1.54) is 11.1 Å². The van der Waals surface area contributed by atoms with Crippen LogP contribution in [0.5, 0.6) is 5.75 Å². The summed E-state index contributed by atoms with van der Waals surface area (Å²) < 4.78 is 5.28. The topological polar surface area (TPSA) is 39.2 Å². The largest absolute Gasteiger partial charge is 0.497 e. The van der Waals surface area contributed by atoms with Gasteiger partial charge in [-0.3, -0.25) is 14.7 Å². The van der Waals surface area contributed by atoms with E-state index < -0.39 is 0 Å². The Labute approximate surface area is 179 Å². The molecule has 5 nitrogen and oxygen atoms in total. The number of fused-ring (bicyclic) bond motifs is 2. The predicted octanol–water partition coefficient (Wildman–Crippen LogP) is 2.24. The smallest absolute Gasteiger partial charge is 0.118 e. The number of rotatable bonds is 6. The Morgan fingerprint density at radius 2 is 1.67 bits per heavy atom. The molecule has 0 radical (unpaired) electrons. The van der Waals surface area contributed by atoms with Crippen molar-refractivity contribution in [1.29, 1.82) is 0 Å². The number of hydrogen-bond donors (Lipinski definition) is 1. The van der Waals surface area contributed by atoms with Gasteiger partial charge in [0, 0.05) is 51.9 Å². The zero-order valence-corrected chi connectivity index (χ0v) is 17.9. The quantitative estimate of drug-likeness (QED) is 0.795. The maximum absolute atomic E-state index is 10.4. The third-order valence-corrected chi connectivity index (χ3v) is 7.15. The molecule has 0 amide bonds. The van der Waals surface area contributed by atoms with Gasteiger partial charge in [0.15, 0.2) is 0 Å². The summed E-state index contributed by atoms with van der Waals surface area (Å²) in [5.74, 6) is 0.911. The molecule has 2 aromatic rings. The molecule has 3 aliphatic heterocycles. The van der Waals surface area contributed by atoms with Gasteiger partial charge in [-0.2, -0.15) is 0 Å². The van der Waals surface area contributed by atoms with Gasteiger partial charge in [0.2, 0.25) is 0 Å². The fraction of sp³-hybridized carbons (Fsp3) is 0.520. The van der Waals surface area contributed by atoms with Crippen LogP contribution in [-0.4, -0.2) is 83.9 Å². The minimum Gasteiger partial charge on any atom is -0.497 e. The van der Waals surface area contributed by atoms with E-state index in [9.17, 15) is 5.11 Å². The number of β-amino-alcohol motifs (C(OH)–C–C–N with tert-alkyl or cyclic N) is 1. The van der Waals surface area contributed by atoms with Crippen LogP contribution in [0, 0.1) is 0 Å². The first-order valence-electron chi connectivity index (χ1n) is 11.2. The highest BCUT2D eigenvalue weighted by Gasteiger charge is 2.55. The van der Waals surface area contributed by atoms with Crippen LogP contribution in [0.15, 0.2) is 54.6 Å². The van der Waals surface area contributed by atoms with Gasteiger partial charge in [0.1, 0.15) is 5.75 Å². The van der Waals surface area contributed by atoms with Crippen molar-refractivity contribution in [2.24, 2.45) is 0 Å². The Morgan fingerprint density at radius 3 is 2.40 bits per heavy atom. The molecule has 3 heterocycles. The number of aliphatic hydroxyl groups is 1. The molecule has 160 valence electrons. The lowest BCUT2D eigenvalue weighted by Gasteiger charge is -2.61. The van der Waals surface area contributed by atoms with Gasteiger partial charge in [-0.25, -0.2) is 0 Å². The summed E-state index contributed by atoms with van der Waals surface area (Å²) in [6, 6.07) is 19.7. The number of nitrogens with zero attached hydrogens (tertiary/aromatic N) is 3. The summed E-state index contributed by atoms with van der Waals surface area (Å²) in [6.45, 7) is 7.30. The molecule has 1 spiro atoms. The minimum atomic E-state index is -0.170. The second-order valence-electron chi connectivity index (χ2n) is 9.38. The molecular weight excluding hydrogens is 374 g/mol. The van der Waals surface area contributed by atoms with Crippen LogP contribution in [0.3, 0.4) is 0 Å². The van der Waals surface area contributed by atoms with E-state index in [2.05, 4.69) is 57.2 Å². The maximum atomic E-state index is 10.4. The van der Waals surface area contributed by atoms with Crippen LogP contribution < -0.4 is 4.74 Å². The molecule has 0 unspecified atom stereocenters. The number of methoxy groups -OCH3 is 1. The van der Waals surface area contributed by atoms with Gasteiger partial charge in [-0.15, -0.1) is 0 Å². The van der Waals surface area contributed by atoms with E-state index in [-0.39, 0.29) is 11.6 Å². The maximum Gasteiger partial charge on any atom is 0.118 e. The lowest BCUT2D eigenvalue weighted by molar-refractivity contribution is -0.116. The fourth-order valence-corrected chi connectivity index (χ4v) is 5.79. The molecule has 2 atom stereocenters. The zero-order chi connectivity index (χ0) is 20.6. The summed E-state index contributed by atoms with van der Waals surface area (Å²) in [5.41, 5.74) is 2.94. The number of likely N-dealkylation sites (tertiary alicyclic amines) is 1. The Morgan fingerprint density at radius 1 is 0.933 bits per heavy atom. The third kappa shape index (κ3) is 4.00. The van der Waals surface area contributed by atoms with Crippen LogP contribution in [0.2, 0.25) is 0 Å². The second kappa shape index (κ2) is 8.31. The van der Waals surface area contributed by atoms with E-state index in [1.54, 1.807) is 7.11 Å². The lowest BCUT2D eigenvalue weighted by Crippen LogP contribution is -2.77. The monoisotopic (exact) mass is 407 g/mol. The van der Waals surface area contributed by atoms with E-state index in [0.717, 1.165) is 64.4 Å². The highest BCUT2D eigenvalue weighted by atomic mass is 16.5. The van der Waals surface area contributed by atoms with Gasteiger partial charge in [-0.1, -0.05) is 42.5 Å². The predicted molar refractivity (Wildman–Crippen MR) is 119 cm³/mol. The molecular formula is C25H33N3O2. The molecule has 0 aliphatic carbocycles. The number of piperazine rings is 1. The van der Waals surface area contributed by atoms with Crippen molar-refractivity contribution in [2.45, 2.75) is 37.1 Å². The molecule has 1 N–H and O–H groups in total. The number of ether oxygens (including phenoxy) is 1. The van der Waals surface area contributed by atoms with E-state index in [0.29, 0.717) is 6.04 Å². The van der Waals surface area contributed by atoms with Crippen LogP contribution in [0.1, 0.15) is 17.5 Å². The Kier molecular flexibility index (Phi) is 5.54. The Hall–Kier alpha value is -1.92. The summed E-state index contributed by atoms with van der Waals surface area (Å²) in [4.78, 5) is 7.84. The Balaban J connectivity index is 1.23. The lowest BCUT2D eigenvalue weighted by atomic mass is 9.83. The molecule has 0 saturated carbocycles. The summed E-state index contributed by atoms with van der Waals surface area (Å²) in [7, 11) is 1.71. The van der Waals surface area contributed by atoms with Crippen LogP contribution in [0.4, 0.5) is 0 Å². The van der Waals surface area contributed by atoms with Gasteiger partial charge < -0.3 is 9.84 Å². The summed E-state index contributed by atoms with van der Waals surface area (Å²) in [6.07, 6.45) is 1.85. The molecule has 5 heteroatoms.